The molecule has 1 aromatic carbocycles. The summed E-state index contributed by atoms with van der Waals surface area (Å²) in [6, 6.07) is 7.92. The third-order valence-electron chi connectivity index (χ3n) is 4.02. The lowest BCUT2D eigenvalue weighted by molar-refractivity contribution is -0.134. The summed E-state index contributed by atoms with van der Waals surface area (Å²) < 4.78 is 5.62. The van der Waals surface area contributed by atoms with Crippen molar-refractivity contribution in [2.24, 2.45) is 0 Å². The molecule has 0 saturated heterocycles. The first kappa shape index (κ1) is 15.5. The van der Waals surface area contributed by atoms with Crippen LogP contribution in [0.3, 0.4) is 0 Å². The SMILES string of the molecule is CC(C)(C)c1ccc(OCC(=O)N2Cc3cncnc3C2)cc1. The molecule has 0 saturated carbocycles. The van der Waals surface area contributed by atoms with Gasteiger partial charge in [-0.3, -0.25) is 4.79 Å². The molecule has 5 nitrogen and oxygen atoms in total. The average molecular weight is 311 g/mol. The molecular weight excluding hydrogens is 290 g/mol. The predicted octanol–water partition coefficient (Wildman–Crippen LogP) is 2.70. The van der Waals surface area contributed by atoms with E-state index in [1.165, 1.54) is 11.9 Å². The Labute approximate surface area is 136 Å². The second-order valence-electron chi connectivity index (χ2n) is 6.81. The van der Waals surface area contributed by atoms with E-state index < -0.39 is 0 Å². The molecule has 1 aromatic heterocycles. The summed E-state index contributed by atoms with van der Waals surface area (Å²) in [7, 11) is 0. The van der Waals surface area contributed by atoms with E-state index in [9.17, 15) is 4.79 Å². The van der Waals surface area contributed by atoms with E-state index in [2.05, 4.69) is 30.7 Å². The summed E-state index contributed by atoms with van der Waals surface area (Å²) in [5.41, 5.74) is 3.28. The number of ether oxygens (including phenoxy) is 1. The Kier molecular flexibility index (Phi) is 4.03. The maximum atomic E-state index is 12.3. The number of amides is 1. The van der Waals surface area contributed by atoms with Crippen LogP contribution in [-0.2, 0) is 23.3 Å². The van der Waals surface area contributed by atoms with Crippen LogP contribution in [0.2, 0.25) is 0 Å². The van der Waals surface area contributed by atoms with Gasteiger partial charge in [-0.1, -0.05) is 32.9 Å². The molecule has 0 aliphatic carbocycles. The van der Waals surface area contributed by atoms with Crippen molar-refractivity contribution >= 4 is 5.91 Å². The van der Waals surface area contributed by atoms with E-state index in [-0.39, 0.29) is 17.9 Å². The molecular formula is C18H21N3O2. The third-order valence-corrected chi connectivity index (χ3v) is 4.02. The molecule has 0 fully saturated rings. The van der Waals surface area contributed by atoms with Gasteiger partial charge >= 0.3 is 0 Å². The molecule has 0 bridgehead atoms. The second kappa shape index (κ2) is 5.99. The zero-order valence-corrected chi connectivity index (χ0v) is 13.7. The fourth-order valence-corrected chi connectivity index (χ4v) is 2.56. The number of hydrogen-bond donors (Lipinski definition) is 0. The van der Waals surface area contributed by atoms with Gasteiger partial charge in [-0.15, -0.1) is 0 Å². The highest BCUT2D eigenvalue weighted by Crippen LogP contribution is 2.24. The topological polar surface area (TPSA) is 55.3 Å². The molecule has 120 valence electrons. The number of benzene rings is 1. The summed E-state index contributed by atoms with van der Waals surface area (Å²) in [4.78, 5) is 22.2. The Balaban J connectivity index is 1.56. The fraction of sp³-hybridized carbons (Fsp3) is 0.389. The largest absolute Gasteiger partial charge is 0.484 e. The van der Waals surface area contributed by atoms with E-state index in [1.54, 1.807) is 11.1 Å². The van der Waals surface area contributed by atoms with E-state index >= 15 is 0 Å². The minimum atomic E-state index is -0.0390. The molecule has 1 aliphatic heterocycles. The zero-order valence-electron chi connectivity index (χ0n) is 13.7. The second-order valence-corrected chi connectivity index (χ2v) is 6.81. The van der Waals surface area contributed by atoms with Gasteiger partial charge in [-0.2, -0.15) is 0 Å². The Bertz CT molecular complexity index is 680. The first-order chi connectivity index (χ1) is 10.9. The highest BCUT2D eigenvalue weighted by atomic mass is 16.5. The van der Waals surface area contributed by atoms with Crippen molar-refractivity contribution in [2.45, 2.75) is 39.3 Å². The van der Waals surface area contributed by atoms with Crippen LogP contribution in [0, 0.1) is 0 Å². The van der Waals surface area contributed by atoms with Crippen molar-refractivity contribution in [3.05, 3.63) is 53.6 Å². The van der Waals surface area contributed by atoms with Crippen LogP contribution in [0.5, 0.6) is 5.75 Å². The quantitative estimate of drug-likeness (QED) is 0.874. The molecule has 0 N–H and O–H groups in total. The van der Waals surface area contributed by atoms with Gasteiger partial charge in [0.05, 0.1) is 12.2 Å². The summed E-state index contributed by atoms with van der Waals surface area (Å²) in [6.07, 6.45) is 3.28. The first-order valence-electron chi connectivity index (χ1n) is 7.72. The van der Waals surface area contributed by atoms with E-state index in [0.717, 1.165) is 11.3 Å². The van der Waals surface area contributed by atoms with Crippen molar-refractivity contribution in [2.75, 3.05) is 6.61 Å². The number of nitrogens with zero attached hydrogens (tertiary/aromatic N) is 3. The van der Waals surface area contributed by atoms with Gasteiger partial charge in [0.2, 0.25) is 0 Å². The van der Waals surface area contributed by atoms with Crippen LogP contribution in [0.15, 0.2) is 36.8 Å². The van der Waals surface area contributed by atoms with Gasteiger partial charge in [-0.25, -0.2) is 9.97 Å². The van der Waals surface area contributed by atoms with Crippen LogP contribution in [0.1, 0.15) is 37.6 Å². The monoisotopic (exact) mass is 311 g/mol. The van der Waals surface area contributed by atoms with Crippen LogP contribution in [-0.4, -0.2) is 27.4 Å². The average Bonchev–Trinajstić information content (AvgIpc) is 2.96. The molecule has 23 heavy (non-hydrogen) atoms. The molecule has 1 aliphatic rings. The third kappa shape index (κ3) is 3.50. The molecule has 0 unspecified atom stereocenters. The number of aromatic nitrogens is 2. The van der Waals surface area contributed by atoms with Crippen LogP contribution in [0.4, 0.5) is 0 Å². The Hall–Kier alpha value is -2.43. The Morgan fingerprint density at radius 1 is 1.22 bits per heavy atom. The summed E-state index contributed by atoms with van der Waals surface area (Å²) in [6.45, 7) is 7.63. The highest BCUT2D eigenvalue weighted by molar-refractivity contribution is 5.78. The molecule has 2 heterocycles. The minimum absolute atomic E-state index is 0.0380. The molecule has 1 amide bonds. The van der Waals surface area contributed by atoms with Gasteiger partial charge in [-0.05, 0) is 23.1 Å². The first-order valence-corrected chi connectivity index (χ1v) is 7.72. The number of carbonyl (C=O) groups is 1. The number of rotatable bonds is 3. The maximum absolute atomic E-state index is 12.3. The van der Waals surface area contributed by atoms with E-state index in [0.29, 0.717) is 18.8 Å². The summed E-state index contributed by atoms with van der Waals surface area (Å²) >= 11 is 0. The van der Waals surface area contributed by atoms with Crippen molar-refractivity contribution in [1.29, 1.82) is 0 Å². The lowest BCUT2D eigenvalue weighted by atomic mass is 9.87. The molecule has 2 aromatic rings. The van der Waals surface area contributed by atoms with Crippen LogP contribution >= 0.6 is 0 Å². The van der Waals surface area contributed by atoms with Crippen molar-refractivity contribution < 1.29 is 9.53 Å². The number of fused-ring (bicyclic) bond motifs is 1. The highest BCUT2D eigenvalue weighted by Gasteiger charge is 2.24. The van der Waals surface area contributed by atoms with Gasteiger partial charge < -0.3 is 9.64 Å². The predicted molar refractivity (Wildman–Crippen MR) is 86.9 cm³/mol. The van der Waals surface area contributed by atoms with Crippen molar-refractivity contribution in [3.63, 3.8) is 0 Å². The fourth-order valence-electron chi connectivity index (χ4n) is 2.56. The standard InChI is InChI=1S/C18H21N3O2/c1-18(2,3)14-4-6-15(7-5-14)23-11-17(22)21-9-13-8-19-12-20-16(13)10-21/h4-8,12H,9-11H2,1-3H3. The van der Waals surface area contributed by atoms with Gasteiger partial charge in [0, 0.05) is 18.3 Å². The number of carbonyl (C=O) groups excluding carboxylic acids is 1. The van der Waals surface area contributed by atoms with Gasteiger partial charge in [0.15, 0.2) is 6.61 Å². The molecule has 0 radical (unpaired) electrons. The summed E-state index contributed by atoms with van der Waals surface area (Å²) in [5, 5.41) is 0. The lowest BCUT2D eigenvalue weighted by Gasteiger charge is -2.19. The molecule has 0 spiro atoms. The number of hydrogen-bond acceptors (Lipinski definition) is 4. The summed E-state index contributed by atoms with van der Waals surface area (Å²) in [5.74, 6) is 0.672. The zero-order chi connectivity index (χ0) is 16.4. The maximum Gasteiger partial charge on any atom is 0.261 e. The molecule has 0 atom stereocenters. The van der Waals surface area contributed by atoms with Crippen molar-refractivity contribution in [3.8, 4) is 5.75 Å². The molecule has 3 rings (SSSR count). The van der Waals surface area contributed by atoms with Crippen molar-refractivity contribution in [1.82, 2.24) is 14.9 Å². The Morgan fingerprint density at radius 3 is 2.61 bits per heavy atom. The smallest absolute Gasteiger partial charge is 0.261 e. The lowest BCUT2D eigenvalue weighted by Crippen LogP contribution is -2.30. The molecule has 5 heteroatoms. The Morgan fingerprint density at radius 2 is 1.96 bits per heavy atom. The van der Waals surface area contributed by atoms with Gasteiger partial charge in [0.25, 0.3) is 5.91 Å². The van der Waals surface area contributed by atoms with E-state index in [4.69, 9.17) is 4.74 Å². The normalized spacial score (nSPS) is 13.8. The van der Waals surface area contributed by atoms with Gasteiger partial charge in [0.1, 0.15) is 12.1 Å². The van der Waals surface area contributed by atoms with Crippen LogP contribution in [0.25, 0.3) is 0 Å². The van der Waals surface area contributed by atoms with E-state index in [1.807, 2.05) is 24.3 Å². The minimum Gasteiger partial charge on any atom is -0.484 e. The van der Waals surface area contributed by atoms with Crippen LogP contribution < -0.4 is 4.74 Å².